The Morgan fingerprint density at radius 3 is 2.89 bits per heavy atom. The van der Waals surface area contributed by atoms with Gasteiger partial charge in [-0.15, -0.1) is 0 Å². The average molecular weight is 394 g/mol. The minimum atomic E-state index is -0.591. The number of carbonyl (C=O) groups excluding carboxylic acids is 2. The lowest BCUT2D eigenvalue weighted by Gasteiger charge is -2.27. The maximum absolute atomic E-state index is 12.3. The van der Waals surface area contributed by atoms with Crippen molar-refractivity contribution in [3.63, 3.8) is 0 Å². The van der Waals surface area contributed by atoms with Gasteiger partial charge in [0.25, 0.3) is 11.6 Å². The summed E-state index contributed by atoms with van der Waals surface area (Å²) in [6.07, 6.45) is -0.0546. The predicted molar refractivity (Wildman–Crippen MR) is 99.1 cm³/mol. The molecule has 0 aliphatic carbocycles. The average Bonchev–Trinajstić information content (AvgIpc) is 3.03. The predicted octanol–water partition coefficient (Wildman–Crippen LogP) is 1.26. The lowest BCUT2D eigenvalue weighted by Crippen LogP contribution is -2.39. The quantitative estimate of drug-likeness (QED) is 0.585. The third-order valence-electron chi connectivity index (χ3n) is 4.05. The van der Waals surface area contributed by atoms with Gasteiger partial charge < -0.3 is 19.7 Å². The topological polar surface area (TPSA) is 123 Å². The standard InChI is InChI=1S/C16H18N4O6S/c1-25-12-8-10(20(23)24)2-3-11(12)17-14(21)9-13-15(22)18-16(27-13)19-4-6-26-7-5-19/h2-3,8,13H,4-7,9H2,1H3,(H,17,21)/t13-/m0/s1. The Balaban J connectivity index is 1.60. The number of nitro benzene ring substituents is 1. The Morgan fingerprint density at radius 1 is 1.48 bits per heavy atom. The van der Waals surface area contributed by atoms with Crippen molar-refractivity contribution in [3.05, 3.63) is 28.3 Å². The molecule has 1 saturated heterocycles. The van der Waals surface area contributed by atoms with Gasteiger partial charge >= 0.3 is 0 Å². The Hall–Kier alpha value is -2.66. The second kappa shape index (κ2) is 8.35. The number of nitrogens with one attached hydrogen (secondary N) is 1. The van der Waals surface area contributed by atoms with E-state index in [1.807, 2.05) is 4.90 Å². The van der Waals surface area contributed by atoms with Gasteiger partial charge in [0.05, 0.1) is 37.0 Å². The number of amidine groups is 1. The lowest BCUT2D eigenvalue weighted by atomic mass is 10.2. The molecule has 1 aromatic carbocycles. The molecule has 1 aromatic rings. The number of amides is 2. The minimum Gasteiger partial charge on any atom is -0.494 e. The van der Waals surface area contributed by atoms with Crippen LogP contribution in [0.1, 0.15) is 6.42 Å². The van der Waals surface area contributed by atoms with Crippen LogP contribution in [0.2, 0.25) is 0 Å². The number of hydrogen-bond donors (Lipinski definition) is 1. The van der Waals surface area contributed by atoms with Crippen molar-refractivity contribution in [2.24, 2.45) is 4.99 Å². The highest BCUT2D eigenvalue weighted by Crippen LogP contribution is 2.31. The van der Waals surface area contributed by atoms with E-state index in [4.69, 9.17) is 9.47 Å². The van der Waals surface area contributed by atoms with Crippen molar-refractivity contribution in [3.8, 4) is 5.75 Å². The number of nitrogens with zero attached hydrogens (tertiary/aromatic N) is 3. The normalized spacial score (nSPS) is 19.6. The molecular weight excluding hydrogens is 376 g/mol. The molecule has 11 heteroatoms. The number of thioether (sulfide) groups is 1. The number of carbonyl (C=O) groups is 2. The van der Waals surface area contributed by atoms with Crippen molar-refractivity contribution < 1.29 is 24.0 Å². The number of non-ortho nitro benzene ring substituents is 1. The number of benzene rings is 1. The molecule has 2 heterocycles. The zero-order valence-corrected chi connectivity index (χ0v) is 15.4. The fourth-order valence-corrected chi connectivity index (χ4v) is 3.78. The molecule has 0 unspecified atom stereocenters. The van der Waals surface area contributed by atoms with Crippen LogP contribution in [0.4, 0.5) is 11.4 Å². The molecular formula is C16H18N4O6S. The molecule has 1 fully saturated rings. The zero-order chi connectivity index (χ0) is 19.4. The highest BCUT2D eigenvalue weighted by atomic mass is 32.2. The molecule has 0 bridgehead atoms. The summed E-state index contributed by atoms with van der Waals surface area (Å²) in [4.78, 5) is 40.7. The third-order valence-corrected chi connectivity index (χ3v) is 5.26. The van der Waals surface area contributed by atoms with Gasteiger partial charge in [0, 0.05) is 25.6 Å². The van der Waals surface area contributed by atoms with Gasteiger partial charge in [0.2, 0.25) is 5.91 Å². The van der Waals surface area contributed by atoms with Crippen molar-refractivity contribution in [1.82, 2.24) is 4.90 Å². The van der Waals surface area contributed by atoms with Crippen LogP contribution in [-0.2, 0) is 14.3 Å². The molecule has 3 rings (SSSR count). The number of rotatable bonds is 5. The molecule has 0 radical (unpaired) electrons. The highest BCUT2D eigenvalue weighted by Gasteiger charge is 2.33. The van der Waals surface area contributed by atoms with Crippen LogP contribution in [-0.4, -0.2) is 65.5 Å². The van der Waals surface area contributed by atoms with E-state index in [1.165, 1.54) is 37.1 Å². The van der Waals surface area contributed by atoms with Crippen molar-refractivity contribution >= 4 is 40.1 Å². The molecule has 1 atom stereocenters. The monoisotopic (exact) mass is 394 g/mol. The Kier molecular flexibility index (Phi) is 5.91. The van der Waals surface area contributed by atoms with Gasteiger partial charge in [-0.1, -0.05) is 11.8 Å². The van der Waals surface area contributed by atoms with Crippen molar-refractivity contribution in [2.45, 2.75) is 11.7 Å². The zero-order valence-electron chi connectivity index (χ0n) is 14.5. The maximum atomic E-state index is 12.3. The molecule has 0 aromatic heterocycles. The fourth-order valence-electron chi connectivity index (χ4n) is 2.67. The number of ether oxygens (including phenoxy) is 2. The smallest absolute Gasteiger partial charge is 0.273 e. The summed E-state index contributed by atoms with van der Waals surface area (Å²) in [5.74, 6) is -0.563. The van der Waals surface area contributed by atoms with Gasteiger partial charge in [-0.25, -0.2) is 0 Å². The van der Waals surface area contributed by atoms with Gasteiger partial charge in [0.1, 0.15) is 11.0 Å². The number of hydrogen-bond acceptors (Lipinski definition) is 8. The Morgan fingerprint density at radius 2 is 2.22 bits per heavy atom. The molecule has 10 nitrogen and oxygen atoms in total. The first-order chi connectivity index (χ1) is 13.0. The summed E-state index contributed by atoms with van der Waals surface area (Å²) in [7, 11) is 1.35. The van der Waals surface area contributed by atoms with Gasteiger partial charge in [-0.2, -0.15) is 4.99 Å². The molecule has 27 heavy (non-hydrogen) atoms. The van der Waals surface area contributed by atoms with Crippen LogP contribution < -0.4 is 10.1 Å². The number of morpholine rings is 1. The van der Waals surface area contributed by atoms with Crippen LogP contribution in [0.3, 0.4) is 0 Å². The first-order valence-corrected chi connectivity index (χ1v) is 9.10. The maximum Gasteiger partial charge on any atom is 0.273 e. The molecule has 2 aliphatic rings. The summed E-state index contributed by atoms with van der Waals surface area (Å²) < 4.78 is 10.4. The van der Waals surface area contributed by atoms with E-state index in [0.717, 1.165) is 0 Å². The first-order valence-electron chi connectivity index (χ1n) is 8.22. The fraction of sp³-hybridized carbons (Fsp3) is 0.438. The van der Waals surface area contributed by atoms with Gasteiger partial charge in [-0.05, 0) is 6.07 Å². The minimum absolute atomic E-state index is 0.0546. The largest absolute Gasteiger partial charge is 0.494 e. The summed E-state index contributed by atoms with van der Waals surface area (Å²) in [6, 6.07) is 3.89. The van der Waals surface area contributed by atoms with Gasteiger partial charge in [-0.3, -0.25) is 19.7 Å². The van der Waals surface area contributed by atoms with Crippen LogP contribution in [0.5, 0.6) is 5.75 Å². The number of methoxy groups -OCH3 is 1. The highest BCUT2D eigenvalue weighted by molar-refractivity contribution is 8.15. The van der Waals surface area contributed by atoms with Crippen molar-refractivity contribution in [1.29, 1.82) is 0 Å². The molecule has 2 amide bonds. The van der Waals surface area contributed by atoms with Gasteiger partial charge in [0.15, 0.2) is 5.17 Å². The van der Waals surface area contributed by atoms with Crippen LogP contribution >= 0.6 is 11.8 Å². The Bertz CT molecular complexity index is 793. The van der Waals surface area contributed by atoms with E-state index >= 15 is 0 Å². The summed E-state index contributed by atoms with van der Waals surface area (Å²) in [5, 5.41) is 13.5. The van der Waals surface area contributed by atoms with Crippen LogP contribution in [0.15, 0.2) is 23.2 Å². The van der Waals surface area contributed by atoms with Crippen LogP contribution in [0, 0.1) is 10.1 Å². The first kappa shape index (κ1) is 19.1. The van der Waals surface area contributed by atoms with E-state index in [9.17, 15) is 19.7 Å². The van der Waals surface area contributed by atoms with E-state index < -0.39 is 16.1 Å². The second-order valence-corrected chi connectivity index (χ2v) is 7.00. The molecule has 2 aliphatic heterocycles. The molecule has 0 saturated carbocycles. The van der Waals surface area contributed by atoms with E-state index in [2.05, 4.69) is 10.3 Å². The molecule has 0 spiro atoms. The summed E-state index contributed by atoms with van der Waals surface area (Å²) in [6.45, 7) is 2.49. The van der Waals surface area contributed by atoms with Crippen molar-refractivity contribution in [2.75, 3.05) is 38.7 Å². The lowest BCUT2D eigenvalue weighted by molar-refractivity contribution is -0.384. The Labute approximate surface area is 159 Å². The second-order valence-electron chi connectivity index (χ2n) is 5.83. The summed E-state index contributed by atoms with van der Waals surface area (Å²) in [5.41, 5.74) is 0.160. The van der Waals surface area contributed by atoms with Crippen LogP contribution in [0.25, 0.3) is 0 Å². The summed E-state index contributed by atoms with van der Waals surface area (Å²) >= 11 is 1.27. The number of anilines is 1. The van der Waals surface area contributed by atoms with E-state index in [0.29, 0.717) is 37.2 Å². The SMILES string of the molecule is COc1cc([N+](=O)[O-])ccc1NC(=O)C[C@@H]1SC(N2CCOCC2)=NC1=O. The number of nitro groups is 1. The number of aliphatic imine (C=N–C) groups is 1. The molecule has 144 valence electrons. The third kappa shape index (κ3) is 4.55. The van der Waals surface area contributed by atoms with E-state index in [-0.39, 0.29) is 23.8 Å². The van der Waals surface area contributed by atoms with E-state index in [1.54, 1.807) is 0 Å². The molecule has 1 N–H and O–H groups in total.